The highest BCUT2D eigenvalue weighted by Crippen LogP contribution is 2.24. The first-order valence-electron chi connectivity index (χ1n) is 8.50. The van der Waals surface area contributed by atoms with Gasteiger partial charge in [-0.3, -0.25) is 0 Å². The van der Waals surface area contributed by atoms with Crippen molar-refractivity contribution in [2.24, 2.45) is 5.92 Å². The molecule has 0 spiro atoms. The molecule has 2 nitrogen and oxygen atoms in total. The summed E-state index contributed by atoms with van der Waals surface area (Å²) in [5.41, 5.74) is 2.11. The van der Waals surface area contributed by atoms with E-state index in [1.165, 1.54) is 17.7 Å². The number of hydrogen-bond donors (Lipinski definition) is 1. The molecule has 3 rings (SSSR count). The number of β-amino-alcohol motifs (C(OH)–C–C–N with tert-alkyl or cyclic N) is 1. The number of aliphatic hydroxyl groups excluding tert-OH is 1. The topological polar surface area (TPSA) is 23.5 Å². The maximum Gasteiger partial charge on any atom is 0.123 e. The van der Waals surface area contributed by atoms with E-state index in [-0.39, 0.29) is 18.2 Å². The highest BCUT2D eigenvalue weighted by molar-refractivity contribution is 6.30. The van der Waals surface area contributed by atoms with Crippen LogP contribution in [-0.2, 0) is 6.42 Å². The molecular weight excluding hydrogens is 360 g/mol. The van der Waals surface area contributed by atoms with E-state index >= 15 is 0 Å². The van der Waals surface area contributed by atoms with Crippen LogP contribution < -0.4 is 0 Å². The molecule has 2 aromatic carbocycles. The third-order valence-electron chi connectivity index (χ3n) is 4.83. The van der Waals surface area contributed by atoms with E-state index in [9.17, 15) is 9.50 Å². The molecule has 1 heterocycles. The monoisotopic (exact) mass is 383 g/mol. The number of hydrogen-bond acceptors (Lipinski definition) is 2. The van der Waals surface area contributed by atoms with Gasteiger partial charge >= 0.3 is 0 Å². The van der Waals surface area contributed by atoms with E-state index in [2.05, 4.69) is 4.90 Å². The third kappa shape index (κ3) is 5.96. The van der Waals surface area contributed by atoms with Gasteiger partial charge in [0.05, 0.1) is 6.10 Å². The Morgan fingerprint density at radius 2 is 1.64 bits per heavy atom. The molecule has 1 fully saturated rings. The van der Waals surface area contributed by atoms with Crippen LogP contribution in [0.1, 0.15) is 30.1 Å². The highest BCUT2D eigenvalue weighted by atomic mass is 35.5. The van der Waals surface area contributed by atoms with E-state index in [4.69, 9.17) is 11.6 Å². The molecule has 5 heteroatoms. The van der Waals surface area contributed by atoms with Crippen molar-refractivity contribution in [3.63, 3.8) is 0 Å². The van der Waals surface area contributed by atoms with Gasteiger partial charge in [0.2, 0.25) is 0 Å². The molecule has 0 radical (unpaired) electrons. The fourth-order valence-electron chi connectivity index (χ4n) is 3.36. The molecule has 1 aliphatic heterocycles. The Morgan fingerprint density at radius 1 is 1.04 bits per heavy atom. The smallest absolute Gasteiger partial charge is 0.123 e. The predicted octanol–water partition coefficient (Wildman–Crippen LogP) is 4.89. The van der Waals surface area contributed by atoms with Crippen LogP contribution in [-0.4, -0.2) is 29.6 Å². The molecular formula is C20H24Cl2FNO. The molecule has 1 aliphatic rings. The minimum absolute atomic E-state index is 0. The molecule has 1 atom stereocenters. The summed E-state index contributed by atoms with van der Waals surface area (Å²) in [6, 6.07) is 14.2. The van der Waals surface area contributed by atoms with E-state index < -0.39 is 6.10 Å². The summed E-state index contributed by atoms with van der Waals surface area (Å²) in [5.74, 6) is 0.462. The Hall–Kier alpha value is -1.13. The van der Waals surface area contributed by atoms with Gasteiger partial charge in [0, 0.05) is 11.6 Å². The van der Waals surface area contributed by atoms with E-state index in [1.54, 1.807) is 0 Å². The summed E-state index contributed by atoms with van der Waals surface area (Å²) in [6.07, 6.45) is 2.76. The fourth-order valence-corrected chi connectivity index (χ4v) is 3.49. The van der Waals surface area contributed by atoms with Crippen molar-refractivity contribution in [2.45, 2.75) is 25.4 Å². The summed E-state index contributed by atoms with van der Waals surface area (Å²) in [5, 5.41) is 11.1. The third-order valence-corrected chi connectivity index (χ3v) is 5.08. The van der Waals surface area contributed by atoms with Gasteiger partial charge in [-0.1, -0.05) is 35.9 Å². The van der Waals surface area contributed by atoms with E-state index in [0.717, 1.165) is 37.9 Å². The van der Waals surface area contributed by atoms with Crippen molar-refractivity contribution in [1.29, 1.82) is 0 Å². The van der Waals surface area contributed by atoms with Crippen LogP contribution in [0.5, 0.6) is 0 Å². The molecule has 1 unspecified atom stereocenters. The lowest BCUT2D eigenvalue weighted by Gasteiger charge is -2.33. The van der Waals surface area contributed by atoms with Crippen LogP contribution >= 0.6 is 24.0 Å². The number of nitrogens with zero attached hydrogens (tertiary/aromatic N) is 1. The Balaban J connectivity index is 0.00000225. The normalized spacial score (nSPS) is 17.1. The summed E-state index contributed by atoms with van der Waals surface area (Å²) < 4.78 is 13.0. The minimum atomic E-state index is -0.476. The van der Waals surface area contributed by atoms with Crippen molar-refractivity contribution in [2.75, 3.05) is 19.6 Å². The van der Waals surface area contributed by atoms with Gasteiger partial charge < -0.3 is 10.0 Å². The van der Waals surface area contributed by atoms with Crippen LogP contribution in [0, 0.1) is 11.7 Å². The molecule has 0 saturated carbocycles. The number of likely N-dealkylation sites (tertiary alicyclic amines) is 1. The second kappa shape index (κ2) is 9.54. The second-order valence-electron chi connectivity index (χ2n) is 6.64. The first kappa shape index (κ1) is 20.2. The summed E-state index contributed by atoms with van der Waals surface area (Å²) in [4.78, 5) is 2.32. The maximum atomic E-state index is 13.0. The van der Waals surface area contributed by atoms with Crippen molar-refractivity contribution in [1.82, 2.24) is 4.90 Å². The average Bonchev–Trinajstić information content (AvgIpc) is 2.59. The van der Waals surface area contributed by atoms with Gasteiger partial charge in [0.1, 0.15) is 5.82 Å². The Kier molecular flexibility index (Phi) is 7.70. The fraction of sp³-hybridized carbons (Fsp3) is 0.400. The first-order chi connectivity index (χ1) is 11.6. The van der Waals surface area contributed by atoms with Gasteiger partial charge in [-0.05, 0) is 73.7 Å². The van der Waals surface area contributed by atoms with Gasteiger partial charge in [-0.25, -0.2) is 4.39 Å². The maximum absolute atomic E-state index is 13.0. The van der Waals surface area contributed by atoms with Gasteiger partial charge in [-0.15, -0.1) is 12.4 Å². The van der Waals surface area contributed by atoms with Crippen LogP contribution in [0.25, 0.3) is 0 Å². The Morgan fingerprint density at radius 3 is 2.24 bits per heavy atom. The van der Waals surface area contributed by atoms with Crippen LogP contribution in [0.4, 0.5) is 4.39 Å². The number of aliphatic hydroxyl groups is 1. The molecule has 0 aromatic heterocycles. The van der Waals surface area contributed by atoms with E-state index in [0.29, 0.717) is 17.5 Å². The van der Waals surface area contributed by atoms with Crippen LogP contribution in [0.15, 0.2) is 48.5 Å². The van der Waals surface area contributed by atoms with Gasteiger partial charge in [0.25, 0.3) is 0 Å². The molecule has 25 heavy (non-hydrogen) atoms. The number of halogens is 3. The molecule has 1 N–H and O–H groups in total. The standard InChI is InChI=1S/C20H23ClFNO.ClH/c21-18-5-3-17(4-6-18)20(24)14-23-11-9-16(10-12-23)13-15-1-7-19(22)8-2-15;/h1-8,16,20,24H,9-14H2;1H. The highest BCUT2D eigenvalue weighted by Gasteiger charge is 2.21. The zero-order chi connectivity index (χ0) is 16.9. The first-order valence-corrected chi connectivity index (χ1v) is 8.88. The lowest BCUT2D eigenvalue weighted by Crippen LogP contribution is -2.37. The van der Waals surface area contributed by atoms with Crippen molar-refractivity contribution < 1.29 is 9.50 Å². The number of piperidine rings is 1. The molecule has 1 saturated heterocycles. The SMILES string of the molecule is Cl.OC(CN1CCC(Cc2ccc(F)cc2)CC1)c1ccc(Cl)cc1. The Bertz CT molecular complexity index is 640. The zero-order valence-corrected chi connectivity index (χ0v) is 15.6. The van der Waals surface area contributed by atoms with Crippen molar-refractivity contribution in [3.05, 3.63) is 70.5 Å². The van der Waals surface area contributed by atoms with Crippen LogP contribution in [0.2, 0.25) is 5.02 Å². The molecule has 0 aliphatic carbocycles. The lowest BCUT2D eigenvalue weighted by molar-refractivity contribution is 0.0893. The summed E-state index contributed by atoms with van der Waals surface area (Å²) >= 11 is 5.89. The molecule has 136 valence electrons. The zero-order valence-electron chi connectivity index (χ0n) is 14.1. The van der Waals surface area contributed by atoms with Gasteiger partial charge in [0.15, 0.2) is 0 Å². The summed E-state index contributed by atoms with van der Waals surface area (Å²) in [7, 11) is 0. The van der Waals surface area contributed by atoms with Gasteiger partial charge in [-0.2, -0.15) is 0 Å². The second-order valence-corrected chi connectivity index (χ2v) is 7.08. The average molecular weight is 384 g/mol. The minimum Gasteiger partial charge on any atom is -0.387 e. The number of rotatable bonds is 5. The quantitative estimate of drug-likeness (QED) is 0.794. The number of benzene rings is 2. The summed E-state index contributed by atoms with van der Waals surface area (Å²) in [6.45, 7) is 2.65. The molecule has 0 bridgehead atoms. The molecule has 0 amide bonds. The lowest BCUT2D eigenvalue weighted by atomic mass is 9.90. The van der Waals surface area contributed by atoms with E-state index in [1.807, 2.05) is 36.4 Å². The van der Waals surface area contributed by atoms with Crippen LogP contribution in [0.3, 0.4) is 0 Å². The largest absolute Gasteiger partial charge is 0.387 e. The Labute approximate surface area is 160 Å². The predicted molar refractivity (Wildman–Crippen MR) is 103 cm³/mol. The molecule has 2 aromatic rings. The van der Waals surface area contributed by atoms with Crippen molar-refractivity contribution >= 4 is 24.0 Å². The van der Waals surface area contributed by atoms with Crippen molar-refractivity contribution in [3.8, 4) is 0 Å².